The molecule has 0 radical (unpaired) electrons. The number of aryl methyl sites for hydroxylation is 1. The third-order valence-electron chi connectivity index (χ3n) is 5.98. The maximum Gasteiger partial charge on any atom is 0.417 e. The Morgan fingerprint density at radius 1 is 0.976 bits per heavy atom. The van der Waals surface area contributed by atoms with Crippen molar-refractivity contribution in [3.05, 3.63) is 63.9 Å². The summed E-state index contributed by atoms with van der Waals surface area (Å²) in [5.74, 6) is -0.353. The van der Waals surface area contributed by atoms with Gasteiger partial charge in [0, 0.05) is 15.6 Å². The Balaban J connectivity index is 0.000000398. The number of amides is 1. The summed E-state index contributed by atoms with van der Waals surface area (Å²) in [4.78, 5) is 25.9. The average Bonchev–Trinajstić information content (AvgIpc) is 3.33. The van der Waals surface area contributed by atoms with Crippen molar-refractivity contribution in [3.63, 3.8) is 0 Å². The second kappa shape index (κ2) is 20.9. The fourth-order valence-corrected chi connectivity index (χ4v) is 5.97. The van der Waals surface area contributed by atoms with Crippen molar-refractivity contribution < 1.29 is 22.7 Å². The van der Waals surface area contributed by atoms with Crippen molar-refractivity contribution in [1.29, 1.82) is 0 Å². The number of nitrogen functional groups attached to an aromatic ring is 1. The van der Waals surface area contributed by atoms with Gasteiger partial charge in [0.05, 0.1) is 11.3 Å². The third-order valence-corrected chi connectivity index (χ3v) is 8.20. The molecule has 0 fully saturated rings. The van der Waals surface area contributed by atoms with Crippen molar-refractivity contribution in [1.82, 2.24) is 4.98 Å². The predicted octanol–water partition coefficient (Wildman–Crippen LogP) is 9.55. The highest BCUT2D eigenvalue weighted by molar-refractivity contribution is 7.47. The summed E-state index contributed by atoms with van der Waals surface area (Å²) >= 11 is 1.43. The number of ether oxygens (including phenoxy) is 1. The third kappa shape index (κ3) is 14.4. The molecule has 0 saturated carbocycles. The second-order valence-corrected chi connectivity index (χ2v) is 11.8. The van der Waals surface area contributed by atoms with Crippen LogP contribution in [0.15, 0.2) is 53.7 Å². The number of hydrogen-bond acceptors (Lipinski definition) is 6. The lowest BCUT2D eigenvalue weighted by molar-refractivity contribution is -0.136. The lowest BCUT2D eigenvalue weighted by Crippen LogP contribution is -2.15. The van der Waals surface area contributed by atoms with E-state index in [2.05, 4.69) is 17.1 Å². The number of nitrogens with zero attached hydrogens (tertiary/aromatic N) is 2. The van der Waals surface area contributed by atoms with Crippen molar-refractivity contribution in [3.8, 4) is 17.0 Å². The van der Waals surface area contributed by atoms with E-state index in [-0.39, 0.29) is 15.2 Å². The van der Waals surface area contributed by atoms with Crippen LogP contribution in [0.5, 0.6) is 5.75 Å². The molecule has 0 bridgehead atoms. The van der Waals surface area contributed by atoms with Crippen molar-refractivity contribution >= 4 is 36.3 Å². The van der Waals surface area contributed by atoms with E-state index < -0.39 is 17.6 Å². The maximum absolute atomic E-state index is 12.8. The van der Waals surface area contributed by atoms with E-state index >= 15 is 0 Å². The van der Waals surface area contributed by atoms with E-state index in [1.165, 1.54) is 62.0 Å². The molecule has 1 heterocycles. The number of nitrogens with two attached hydrogens (primary N) is 1. The normalized spacial score (nSPS) is 10.9. The van der Waals surface area contributed by atoms with Gasteiger partial charge in [0.1, 0.15) is 5.75 Å². The van der Waals surface area contributed by atoms with E-state index in [0.717, 1.165) is 35.1 Å². The molecule has 0 aliphatic rings. The monoisotopic (exact) mass is 625 g/mol. The fraction of sp³-hybridized carbons (Fsp3) is 0.484. The van der Waals surface area contributed by atoms with E-state index in [1.807, 2.05) is 32.9 Å². The number of anilines is 1. The Morgan fingerprint density at radius 2 is 1.57 bits per heavy atom. The van der Waals surface area contributed by atoms with Gasteiger partial charge in [-0.2, -0.15) is 13.2 Å². The number of nitroso groups, excluding NO2 is 1. The number of alkyl halides is 3. The van der Waals surface area contributed by atoms with E-state index in [1.54, 1.807) is 24.3 Å². The van der Waals surface area contributed by atoms with Crippen LogP contribution in [0.1, 0.15) is 82.6 Å². The van der Waals surface area contributed by atoms with Crippen LogP contribution in [0.25, 0.3) is 11.3 Å². The van der Waals surface area contributed by atoms with Gasteiger partial charge in [-0.3, -0.25) is 4.79 Å². The molecule has 1 unspecified atom stereocenters. The molecule has 11 heteroatoms. The van der Waals surface area contributed by atoms with Crippen LogP contribution in [0.4, 0.5) is 18.3 Å². The van der Waals surface area contributed by atoms with Crippen LogP contribution in [0.2, 0.25) is 0 Å². The first-order valence-corrected chi connectivity index (χ1v) is 16.4. The topological polar surface area (TPSA) is 94.6 Å². The first-order chi connectivity index (χ1) is 20.2. The molecular formula is C31H43F3N3O3PS. The number of carbonyl (C=O) groups is 1. The van der Waals surface area contributed by atoms with Crippen LogP contribution >= 0.6 is 19.9 Å². The number of thiazole rings is 1. The molecule has 3 rings (SSSR count). The van der Waals surface area contributed by atoms with Gasteiger partial charge in [-0.1, -0.05) is 92.5 Å². The van der Waals surface area contributed by atoms with Crippen LogP contribution in [0.3, 0.4) is 0 Å². The van der Waals surface area contributed by atoms with Gasteiger partial charge in [-0.05, 0) is 55.1 Å². The lowest BCUT2D eigenvalue weighted by Gasteiger charge is -2.12. The van der Waals surface area contributed by atoms with E-state index in [0.29, 0.717) is 16.2 Å². The highest BCUT2D eigenvalue weighted by atomic mass is 32.1. The molecule has 1 amide bonds. The standard InChI is InChI=1S/C17H26F3P.C12H11N3O3S.C2H6/c1-2-3-4-5-6-7-8-11-14-21-16-13-10-9-12-15(16)17(18,19)20;1-7-11(14-12(13)19-7)8-2-4-9(5-3-8)18-6-10(16)15-17;1-2/h9-10,12-13,21H,2-8,11,14H2,1H3;2-5H,6H2,1H3,(H2,13,14);1-2H3. The van der Waals surface area contributed by atoms with Gasteiger partial charge in [0.2, 0.25) is 0 Å². The van der Waals surface area contributed by atoms with Crippen molar-refractivity contribution in [2.45, 2.75) is 85.2 Å². The summed E-state index contributed by atoms with van der Waals surface area (Å²) in [6.45, 7) is 7.80. The highest BCUT2D eigenvalue weighted by Crippen LogP contribution is 2.31. The zero-order valence-electron chi connectivity index (χ0n) is 24.9. The van der Waals surface area contributed by atoms with Gasteiger partial charge >= 0.3 is 12.1 Å². The Labute approximate surface area is 253 Å². The molecular weight excluding hydrogens is 582 g/mol. The molecule has 0 spiro atoms. The van der Waals surface area contributed by atoms with Crippen LogP contribution in [-0.4, -0.2) is 23.7 Å². The van der Waals surface area contributed by atoms with Gasteiger partial charge in [0.15, 0.2) is 11.7 Å². The number of hydrogen-bond donors (Lipinski definition) is 1. The summed E-state index contributed by atoms with van der Waals surface area (Å²) in [5.41, 5.74) is 6.94. The Kier molecular flexibility index (Phi) is 18.5. The number of carbonyl (C=O) groups excluding carboxylic acids is 1. The molecule has 6 nitrogen and oxygen atoms in total. The molecule has 0 aliphatic carbocycles. The minimum atomic E-state index is -4.22. The van der Waals surface area contributed by atoms with Crippen LogP contribution in [-0.2, 0) is 11.0 Å². The minimum Gasteiger partial charge on any atom is -0.484 e. The molecule has 42 heavy (non-hydrogen) atoms. The quantitative estimate of drug-likeness (QED) is 0.109. The smallest absolute Gasteiger partial charge is 0.417 e. The minimum absolute atomic E-state index is 0.269. The SMILES string of the molecule is CC.CCCCCCCCCCPc1ccccc1C(F)(F)F.Cc1sc(N)nc1-c1ccc(OCC(=O)N=O)cc1. The molecule has 0 aliphatic heterocycles. The molecule has 232 valence electrons. The molecule has 1 atom stereocenters. The van der Waals surface area contributed by atoms with Gasteiger partial charge in [-0.25, -0.2) is 4.98 Å². The van der Waals surface area contributed by atoms with Gasteiger partial charge in [-0.15, -0.1) is 16.2 Å². The molecule has 0 saturated heterocycles. The van der Waals surface area contributed by atoms with Crippen LogP contribution < -0.4 is 15.8 Å². The van der Waals surface area contributed by atoms with Crippen LogP contribution in [0, 0.1) is 11.8 Å². The average molecular weight is 626 g/mol. The number of rotatable bonds is 14. The number of unbranched alkanes of at least 4 members (excludes halogenated alkanes) is 7. The fourth-order valence-electron chi connectivity index (χ4n) is 3.93. The molecule has 1 aromatic heterocycles. The van der Waals surface area contributed by atoms with Gasteiger partial charge < -0.3 is 10.5 Å². The zero-order chi connectivity index (χ0) is 31.4. The number of aromatic nitrogens is 1. The second-order valence-electron chi connectivity index (χ2n) is 9.20. The van der Waals surface area contributed by atoms with Crippen molar-refractivity contribution in [2.75, 3.05) is 18.5 Å². The first kappa shape index (κ1) is 37.2. The number of halogens is 3. The zero-order valence-corrected chi connectivity index (χ0v) is 26.7. The summed E-state index contributed by atoms with van der Waals surface area (Å²) in [6, 6.07) is 13.0. The summed E-state index contributed by atoms with van der Waals surface area (Å²) in [5, 5.41) is 3.24. The van der Waals surface area contributed by atoms with E-state index in [4.69, 9.17) is 10.5 Å². The Bertz CT molecular complexity index is 1190. The van der Waals surface area contributed by atoms with E-state index in [9.17, 15) is 22.9 Å². The summed E-state index contributed by atoms with van der Waals surface area (Å²) < 4.78 is 43.6. The summed E-state index contributed by atoms with van der Waals surface area (Å²) in [7, 11) is 0.269. The Morgan fingerprint density at radius 3 is 2.12 bits per heavy atom. The molecule has 2 N–H and O–H groups in total. The largest absolute Gasteiger partial charge is 0.484 e. The first-order valence-electron chi connectivity index (χ1n) is 14.4. The van der Waals surface area contributed by atoms with Crippen molar-refractivity contribution in [2.24, 2.45) is 5.18 Å². The maximum atomic E-state index is 12.8. The molecule has 2 aromatic carbocycles. The molecule has 3 aromatic rings. The van der Waals surface area contributed by atoms with Gasteiger partial charge in [0.25, 0.3) is 0 Å². The predicted molar refractivity (Wildman–Crippen MR) is 171 cm³/mol. The Hall–Kier alpha value is -2.84. The summed E-state index contributed by atoms with van der Waals surface area (Å²) in [6.07, 6.45) is 6.52. The highest BCUT2D eigenvalue weighted by Gasteiger charge is 2.32. The lowest BCUT2D eigenvalue weighted by atomic mass is 10.1. The number of benzene rings is 2.